The SMILES string of the molecule is COc1cc2[nH]c(=S)n(CC(N)=O)c2cc1OC. The number of ether oxygens (including phenoxy) is 2. The fourth-order valence-corrected chi connectivity index (χ4v) is 2.07. The number of aromatic amines is 1. The number of rotatable bonds is 4. The lowest BCUT2D eigenvalue weighted by atomic mass is 10.2. The second kappa shape index (κ2) is 4.69. The molecule has 18 heavy (non-hydrogen) atoms. The third-order valence-corrected chi connectivity index (χ3v) is 2.92. The van der Waals surface area contributed by atoms with Gasteiger partial charge in [0.15, 0.2) is 16.3 Å². The topological polar surface area (TPSA) is 82.3 Å². The Balaban J connectivity index is 2.70. The third kappa shape index (κ3) is 2.04. The summed E-state index contributed by atoms with van der Waals surface area (Å²) in [5.74, 6) is 0.700. The highest BCUT2D eigenvalue weighted by Crippen LogP contribution is 2.31. The van der Waals surface area contributed by atoms with Crippen LogP contribution >= 0.6 is 12.2 Å². The molecule has 0 aliphatic heterocycles. The molecule has 0 radical (unpaired) electrons. The number of methoxy groups -OCH3 is 2. The van der Waals surface area contributed by atoms with Gasteiger partial charge in [0.1, 0.15) is 6.54 Å². The van der Waals surface area contributed by atoms with Crippen molar-refractivity contribution in [2.75, 3.05) is 14.2 Å². The van der Waals surface area contributed by atoms with Crippen LogP contribution in [0.2, 0.25) is 0 Å². The summed E-state index contributed by atoms with van der Waals surface area (Å²) in [5.41, 5.74) is 6.70. The van der Waals surface area contributed by atoms with Gasteiger partial charge in [-0.15, -0.1) is 0 Å². The summed E-state index contributed by atoms with van der Waals surface area (Å²) < 4.78 is 12.5. The standard InChI is InChI=1S/C11H13N3O3S/c1-16-8-3-6-7(4-9(8)17-2)14(5-10(12)15)11(18)13-6/h3-4H,5H2,1-2H3,(H2,12,15)(H,13,18). The number of nitrogens with one attached hydrogen (secondary N) is 1. The molecule has 0 bridgehead atoms. The summed E-state index contributed by atoms with van der Waals surface area (Å²) in [6.45, 7) is 0.0221. The molecule has 0 fully saturated rings. The molecular formula is C11H13N3O3S. The third-order valence-electron chi connectivity index (χ3n) is 2.59. The Morgan fingerprint density at radius 3 is 2.56 bits per heavy atom. The molecule has 6 nitrogen and oxygen atoms in total. The lowest BCUT2D eigenvalue weighted by molar-refractivity contribution is -0.118. The molecule has 0 aliphatic rings. The van der Waals surface area contributed by atoms with Crippen molar-refractivity contribution in [2.45, 2.75) is 6.54 Å². The Morgan fingerprint density at radius 1 is 1.39 bits per heavy atom. The molecule has 2 aromatic rings. The lowest BCUT2D eigenvalue weighted by Gasteiger charge is -2.08. The minimum atomic E-state index is -0.457. The Bertz CT molecular complexity index is 659. The Kier molecular flexibility index (Phi) is 3.24. The number of hydrogen-bond acceptors (Lipinski definition) is 4. The van der Waals surface area contributed by atoms with E-state index in [-0.39, 0.29) is 6.54 Å². The monoisotopic (exact) mass is 267 g/mol. The zero-order valence-electron chi connectivity index (χ0n) is 10.0. The second-order valence-electron chi connectivity index (χ2n) is 3.71. The maximum absolute atomic E-state index is 11.0. The fraction of sp³-hybridized carbons (Fsp3) is 0.273. The summed E-state index contributed by atoms with van der Waals surface area (Å²) in [6, 6.07) is 3.52. The van der Waals surface area contributed by atoms with Gasteiger partial charge in [-0.1, -0.05) is 0 Å². The smallest absolute Gasteiger partial charge is 0.237 e. The van der Waals surface area contributed by atoms with Crippen LogP contribution in [0.25, 0.3) is 11.0 Å². The van der Waals surface area contributed by atoms with Crippen molar-refractivity contribution < 1.29 is 14.3 Å². The van der Waals surface area contributed by atoms with Crippen LogP contribution in [0.5, 0.6) is 11.5 Å². The molecular weight excluding hydrogens is 254 g/mol. The molecule has 1 amide bonds. The van der Waals surface area contributed by atoms with E-state index in [0.29, 0.717) is 16.3 Å². The highest BCUT2D eigenvalue weighted by Gasteiger charge is 2.12. The number of amides is 1. The summed E-state index contributed by atoms with van der Waals surface area (Å²) in [7, 11) is 3.10. The average molecular weight is 267 g/mol. The molecule has 1 aromatic carbocycles. The number of carbonyl (C=O) groups excluding carboxylic acids is 1. The number of carbonyl (C=O) groups is 1. The van der Waals surface area contributed by atoms with Gasteiger partial charge < -0.3 is 24.8 Å². The Morgan fingerprint density at radius 2 is 2.00 bits per heavy atom. The number of fused-ring (bicyclic) bond motifs is 1. The molecule has 2 rings (SSSR count). The second-order valence-corrected chi connectivity index (χ2v) is 4.09. The summed E-state index contributed by atoms with van der Waals surface area (Å²) >= 11 is 5.15. The van der Waals surface area contributed by atoms with Crippen LogP contribution in [-0.2, 0) is 11.3 Å². The maximum atomic E-state index is 11.0. The van der Waals surface area contributed by atoms with E-state index in [0.717, 1.165) is 11.0 Å². The molecule has 0 aliphatic carbocycles. The van der Waals surface area contributed by atoms with Gasteiger partial charge in [0.25, 0.3) is 0 Å². The van der Waals surface area contributed by atoms with Crippen molar-refractivity contribution in [2.24, 2.45) is 5.73 Å². The molecule has 0 atom stereocenters. The highest BCUT2D eigenvalue weighted by molar-refractivity contribution is 7.71. The van der Waals surface area contributed by atoms with Crippen LogP contribution in [0.15, 0.2) is 12.1 Å². The first-order valence-corrected chi connectivity index (χ1v) is 5.60. The van der Waals surface area contributed by atoms with Crippen molar-refractivity contribution in [3.8, 4) is 11.5 Å². The number of primary amides is 1. The largest absolute Gasteiger partial charge is 0.493 e. The molecule has 0 saturated heterocycles. The van der Waals surface area contributed by atoms with E-state index in [4.69, 9.17) is 27.4 Å². The summed E-state index contributed by atoms with van der Waals surface area (Å²) in [6.07, 6.45) is 0. The fourth-order valence-electron chi connectivity index (χ4n) is 1.80. The van der Waals surface area contributed by atoms with E-state index in [1.807, 2.05) is 0 Å². The molecule has 96 valence electrons. The van der Waals surface area contributed by atoms with Gasteiger partial charge in [0.05, 0.1) is 25.3 Å². The number of imidazole rings is 1. The number of aromatic nitrogens is 2. The van der Waals surface area contributed by atoms with Crippen LogP contribution < -0.4 is 15.2 Å². The van der Waals surface area contributed by atoms with Crippen LogP contribution in [0.1, 0.15) is 0 Å². The molecule has 0 saturated carbocycles. The molecule has 0 unspecified atom stereocenters. The molecule has 7 heteroatoms. The molecule has 3 N–H and O–H groups in total. The van der Waals surface area contributed by atoms with E-state index in [1.165, 1.54) is 0 Å². The minimum Gasteiger partial charge on any atom is -0.493 e. The predicted octanol–water partition coefficient (Wildman–Crippen LogP) is 1.20. The first-order valence-electron chi connectivity index (χ1n) is 5.19. The molecule has 0 spiro atoms. The van der Waals surface area contributed by atoms with Crippen molar-refractivity contribution in [1.82, 2.24) is 9.55 Å². The molecule has 1 aromatic heterocycles. The van der Waals surface area contributed by atoms with Crippen LogP contribution in [-0.4, -0.2) is 29.7 Å². The van der Waals surface area contributed by atoms with E-state index in [1.54, 1.807) is 30.9 Å². The average Bonchev–Trinajstić information content (AvgIpc) is 2.63. The van der Waals surface area contributed by atoms with Gasteiger partial charge in [-0.3, -0.25) is 4.79 Å². The van der Waals surface area contributed by atoms with Gasteiger partial charge in [-0.05, 0) is 12.2 Å². The van der Waals surface area contributed by atoms with Crippen LogP contribution in [0.3, 0.4) is 0 Å². The van der Waals surface area contributed by atoms with E-state index in [2.05, 4.69) is 4.98 Å². The van der Waals surface area contributed by atoms with Crippen molar-refractivity contribution in [1.29, 1.82) is 0 Å². The lowest BCUT2D eigenvalue weighted by Crippen LogP contribution is -2.18. The van der Waals surface area contributed by atoms with Gasteiger partial charge in [-0.2, -0.15) is 0 Å². The normalized spacial score (nSPS) is 10.6. The maximum Gasteiger partial charge on any atom is 0.237 e. The predicted molar refractivity (Wildman–Crippen MR) is 69.4 cm³/mol. The number of benzene rings is 1. The number of nitrogens with two attached hydrogens (primary N) is 1. The van der Waals surface area contributed by atoms with E-state index < -0.39 is 5.91 Å². The number of nitrogens with zero attached hydrogens (tertiary/aromatic N) is 1. The van der Waals surface area contributed by atoms with Crippen LogP contribution in [0, 0.1) is 4.77 Å². The van der Waals surface area contributed by atoms with Gasteiger partial charge in [-0.25, -0.2) is 0 Å². The Labute approximate surface area is 108 Å². The summed E-state index contributed by atoms with van der Waals surface area (Å²) in [5, 5.41) is 0. The van der Waals surface area contributed by atoms with Gasteiger partial charge in [0, 0.05) is 12.1 Å². The summed E-state index contributed by atoms with van der Waals surface area (Å²) in [4.78, 5) is 14.0. The van der Waals surface area contributed by atoms with Gasteiger partial charge in [0.2, 0.25) is 5.91 Å². The number of hydrogen-bond donors (Lipinski definition) is 2. The highest BCUT2D eigenvalue weighted by atomic mass is 32.1. The van der Waals surface area contributed by atoms with E-state index in [9.17, 15) is 4.79 Å². The van der Waals surface area contributed by atoms with E-state index >= 15 is 0 Å². The zero-order chi connectivity index (χ0) is 13.3. The zero-order valence-corrected chi connectivity index (χ0v) is 10.8. The van der Waals surface area contributed by atoms with Crippen LogP contribution in [0.4, 0.5) is 0 Å². The van der Waals surface area contributed by atoms with Crippen molar-refractivity contribution in [3.63, 3.8) is 0 Å². The quantitative estimate of drug-likeness (QED) is 0.815. The first kappa shape index (κ1) is 12.4. The van der Waals surface area contributed by atoms with Crippen molar-refractivity contribution >= 4 is 29.2 Å². The van der Waals surface area contributed by atoms with Crippen molar-refractivity contribution in [3.05, 3.63) is 16.9 Å². The van der Waals surface area contributed by atoms with Gasteiger partial charge >= 0.3 is 0 Å². The molecule has 1 heterocycles. The first-order chi connectivity index (χ1) is 8.56. The minimum absolute atomic E-state index is 0.0221. The Hall–Kier alpha value is -2.02. The number of H-pyrrole nitrogens is 1.